The van der Waals surface area contributed by atoms with Crippen LogP contribution in [-0.2, 0) is 19.1 Å². The van der Waals surface area contributed by atoms with Crippen molar-refractivity contribution in [1.29, 1.82) is 0 Å². The fourth-order valence-electron chi connectivity index (χ4n) is 3.27. The number of methoxy groups -OCH3 is 1. The van der Waals surface area contributed by atoms with E-state index in [-0.39, 0.29) is 35.4 Å². The standard InChI is InChI=1S/C18H24O4/c1-6-7-12-11(2)15(10-14(12)19)22-17(20)16-13(8-9-21-5)18(16,3)4/h6,8-9,13,15-16H,1,7,10H2,2-5H3/t13-,15?,16+/m1/s1. The van der Waals surface area contributed by atoms with E-state index in [2.05, 4.69) is 6.58 Å². The Morgan fingerprint density at radius 1 is 1.45 bits per heavy atom. The minimum atomic E-state index is -0.418. The average Bonchev–Trinajstić information content (AvgIpc) is 2.91. The van der Waals surface area contributed by atoms with E-state index in [4.69, 9.17) is 9.47 Å². The number of carbonyl (C=O) groups is 2. The Bertz CT molecular complexity index is 553. The molecule has 0 aromatic heterocycles. The summed E-state index contributed by atoms with van der Waals surface area (Å²) in [5.41, 5.74) is 1.47. The molecule has 1 fully saturated rings. The summed E-state index contributed by atoms with van der Waals surface area (Å²) in [5.74, 6) is -0.229. The summed E-state index contributed by atoms with van der Waals surface area (Å²) in [6.45, 7) is 9.60. The van der Waals surface area contributed by atoms with Gasteiger partial charge in [-0.25, -0.2) is 0 Å². The highest BCUT2D eigenvalue weighted by Gasteiger charge is 2.61. The van der Waals surface area contributed by atoms with Gasteiger partial charge in [-0.15, -0.1) is 6.58 Å². The number of ketones is 1. The van der Waals surface area contributed by atoms with Gasteiger partial charge in [-0.05, 0) is 36.3 Å². The monoisotopic (exact) mass is 304 g/mol. The molecule has 2 rings (SSSR count). The number of hydrogen-bond donors (Lipinski definition) is 0. The van der Waals surface area contributed by atoms with Crippen LogP contribution in [0.15, 0.2) is 36.1 Å². The highest BCUT2D eigenvalue weighted by molar-refractivity contribution is 6.00. The molecule has 0 spiro atoms. The van der Waals surface area contributed by atoms with Crippen molar-refractivity contribution in [3.63, 3.8) is 0 Å². The summed E-state index contributed by atoms with van der Waals surface area (Å²) in [4.78, 5) is 24.4. The maximum Gasteiger partial charge on any atom is 0.310 e. The van der Waals surface area contributed by atoms with E-state index in [1.54, 1.807) is 19.4 Å². The maximum absolute atomic E-state index is 12.4. The molecular formula is C18H24O4. The zero-order valence-electron chi connectivity index (χ0n) is 13.7. The number of carbonyl (C=O) groups excluding carboxylic acids is 2. The van der Waals surface area contributed by atoms with Crippen molar-refractivity contribution >= 4 is 11.8 Å². The van der Waals surface area contributed by atoms with Crippen LogP contribution in [0.1, 0.15) is 33.6 Å². The molecule has 4 heteroatoms. The van der Waals surface area contributed by atoms with Gasteiger partial charge in [0.05, 0.1) is 25.7 Å². The Balaban J connectivity index is 2.03. The number of Topliss-reactive ketones (excluding diaryl/α,β-unsaturated/α-hetero) is 1. The first-order chi connectivity index (χ1) is 10.3. The van der Waals surface area contributed by atoms with E-state index >= 15 is 0 Å². The number of allylic oxidation sites excluding steroid dienone is 3. The second-order valence-electron chi connectivity index (χ2n) is 6.60. The number of esters is 1. The van der Waals surface area contributed by atoms with E-state index in [1.165, 1.54) is 0 Å². The Kier molecular flexibility index (Phi) is 4.59. The Labute approximate surface area is 131 Å². The maximum atomic E-state index is 12.4. The summed E-state index contributed by atoms with van der Waals surface area (Å²) < 4.78 is 10.5. The smallest absolute Gasteiger partial charge is 0.310 e. The lowest BCUT2D eigenvalue weighted by atomic mass is 10.1. The normalized spacial score (nSPS) is 29.8. The van der Waals surface area contributed by atoms with Crippen LogP contribution in [0.5, 0.6) is 0 Å². The molecule has 0 aliphatic heterocycles. The van der Waals surface area contributed by atoms with Gasteiger partial charge >= 0.3 is 5.97 Å². The lowest BCUT2D eigenvalue weighted by Crippen LogP contribution is -2.20. The first-order valence-corrected chi connectivity index (χ1v) is 7.58. The fourth-order valence-corrected chi connectivity index (χ4v) is 3.27. The number of hydrogen-bond acceptors (Lipinski definition) is 4. The highest BCUT2D eigenvalue weighted by Crippen LogP contribution is 2.59. The van der Waals surface area contributed by atoms with Gasteiger partial charge in [0.2, 0.25) is 0 Å². The largest absolute Gasteiger partial charge is 0.505 e. The Morgan fingerprint density at radius 2 is 2.14 bits per heavy atom. The van der Waals surface area contributed by atoms with Gasteiger partial charge in [-0.2, -0.15) is 0 Å². The SMILES string of the molecule is C=CCC1=C(C)C(OC(=O)[C@@H]2[C@@H](C=COC)C2(C)C)CC1=O. The Morgan fingerprint density at radius 3 is 2.73 bits per heavy atom. The van der Waals surface area contributed by atoms with Gasteiger partial charge in [0.15, 0.2) is 5.78 Å². The number of ether oxygens (including phenoxy) is 2. The molecule has 0 heterocycles. The van der Waals surface area contributed by atoms with Crippen molar-refractivity contribution in [2.24, 2.45) is 17.3 Å². The third-order valence-corrected chi connectivity index (χ3v) is 4.86. The second kappa shape index (κ2) is 6.11. The van der Waals surface area contributed by atoms with Crippen molar-refractivity contribution in [3.8, 4) is 0 Å². The third kappa shape index (κ3) is 2.87. The van der Waals surface area contributed by atoms with E-state index in [0.29, 0.717) is 6.42 Å². The minimum absolute atomic E-state index is 0.0566. The van der Waals surface area contributed by atoms with Crippen molar-refractivity contribution < 1.29 is 19.1 Å². The molecule has 3 atom stereocenters. The van der Waals surface area contributed by atoms with E-state index in [0.717, 1.165) is 11.1 Å². The van der Waals surface area contributed by atoms with Crippen molar-refractivity contribution in [2.75, 3.05) is 7.11 Å². The van der Waals surface area contributed by atoms with E-state index in [9.17, 15) is 9.59 Å². The van der Waals surface area contributed by atoms with Crippen LogP contribution < -0.4 is 0 Å². The summed E-state index contributed by atoms with van der Waals surface area (Å²) in [7, 11) is 1.58. The van der Waals surface area contributed by atoms with Crippen molar-refractivity contribution in [1.82, 2.24) is 0 Å². The predicted octanol–water partition coefficient (Wildman–Crippen LogP) is 3.20. The van der Waals surface area contributed by atoms with Gasteiger partial charge in [0.25, 0.3) is 0 Å². The summed E-state index contributed by atoms with van der Waals surface area (Å²) >= 11 is 0. The first kappa shape index (κ1) is 16.5. The summed E-state index contributed by atoms with van der Waals surface area (Å²) in [5, 5.41) is 0. The topological polar surface area (TPSA) is 52.6 Å². The molecule has 0 amide bonds. The zero-order valence-corrected chi connectivity index (χ0v) is 13.7. The van der Waals surface area contributed by atoms with Crippen LogP contribution in [-0.4, -0.2) is 25.0 Å². The van der Waals surface area contributed by atoms with Gasteiger partial charge in [0.1, 0.15) is 6.10 Å². The van der Waals surface area contributed by atoms with Crippen molar-refractivity contribution in [2.45, 2.75) is 39.7 Å². The molecule has 0 aromatic carbocycles. The predicted molar refractivity (Wildman–Crippen MR) is 83.9 cm³/mol. The molecule has 0 bridgehead atoms. The molecule has 1 saturated carbocycles. The third-order valence-electron chi connectivity index (χ3n) is 4.86. The van der Waals surface area contributed by atoms with Crippen LogP contribution in [0.3, 0.4) is 0 Å². The molecule has 0 aromatic rings. The van der Waals surface area contributed by atoms with E-state index < -0.39 is 6.10 Å². The van der Waals surface area contributed by atoms with Gasteiger partial charge in [0, 0.05) is 5.57 Å². The summed E-state index contributed by atoms with van der Waals surface area (Å²) in [6, 6.07) is 0. The lowest BCUT2D eigenvalue weighted by molar-refractivity contribution is -0.150. The van der Waals surface area contributed by atoms with Gasteiger partial charge in [-0.1, -0.05) is 19.9 Å². The van der Waals surface area contributed by atoms with Crippen LogP contribution in [0, 0.1) is 17.3 Å². The fraction of sp³-hybridized carbons (Fsp3) is 0.556. The molecule has 0 N–H and O–H groups in total. The molecular weight excluding hydrogens is 280 g/mol. The molecule has 1 unspecified atom stereocenters. The lowest BCUT2D eigenvalue weighted by Gasteiger charge is -2.13. The highest BCUT2D eigenvalue weighted by atomic mass is 16.5. The molecule has 0 saturated heterocycles. The van der Waals surface area contributed by atoms with Crippen LogP contribution in [0.25, 0.3) is 0 Å². The molecule has 0 radical (unpaired) electrons. The molecule has 22 heavy (non-hydrogen) atoms. The molecule has 4 nitrogen and oxygen atoms in total. The van der Waals surface area contributed by atoms with Crippen LogP contribution >= 0.6 is 0 Å². The quantitative estimate of drug-likeness (QED) is 0.429. The van der Waals surface area contributed by atoms with E-state index in [1.807, 2.05) is 26.8 Å². The van der Waals surface area contributed by atoms with Crippen LogP contribution in [0.4, 0.5) is 0 Å². The zero-order chi connectivity index (χ0) is 16.5. The first-order valence-electron chi connectivity index (χ1n) is 7.58. The van der Waals surface area contributed by atoms with Crippen molar-refractivity contribution in [3.05, 3.63) is 36.1 Å². The second-order valence-corrected chi connectivity index (χ2v) is 6.60. The molecule has 2 aliphatic carbocycles. The van der Waals surface area contributed by atoms with Crippen LogP contribution in [0.2, 0.25) is 0 Å². The minimum Gasteiger partial charge on any atom is -0.505 e. The molecule has 120 valence electrons. The Hall–Kier alpha value is -1.84. The summed E-state index contributed by atoms with van der Waals surface area (Å²) in [6.07, 6.45) is 5.58. The van der Waals surface area contributed by atoms with Gasteiger partial charge < -0.3 is 9.47 Å². The number of rotatable bonds is 6. The molecule has 2 aliphatic rings. The van der Waals surface area contributed by atoms with Gasteiger partial charge in [-0.3, -0.25) is 9.59 Å². The average molecular weight is 304 g/mol.